The highest BCUT2D eigenvalue weighted by molar-refractivity contribution is 5.97. The number of anilines is 1. The van der Waals surface area contributed by atoms with Crippen LogP contribution in [0.5, 0.6) is 5.75 Å². The van der Waals surface area contributed by atoms with Crippen LogP contribution < -0.4 is 9.64 Å². The fraction of sp³-hybridized carbons (Fsp3) is 0.290. The molecule has 7 nitrogen and oxygen atoms in total. The number of carbonyl (C=O) groups is 1. The predicted octanol–water partition coefficient (Wildman–Crippen LogP) is 5.12. The Balaban J connectivity index is 1.54. The Labute approximate surface area is 224 Å². The average Bonchev–Trinajstić information content (AvgIpc) is 3.38. The number of benzene rings is 3. The fourth-order valence-electron chi connectivity index (χ4n) is 4.94. The zero-order valence-electron chi connectivity index (χ0n) is 22.3. The monoisotopic (exact) mass is 510 g/mol. The number of nitrogens with zero attached hydrogens (tertiary/aromatic N) is 4. The maximum atomic E-state index is 13.9. The van der Waals surface area contributed by atoms with E-state index >= 15 is 0 Å². The van der Waals surface area contributed by atoms with Crippen LogP contribution in [-0.4, -0.2) is 61.7 Å². The van der Waals surface area contributed by atoms with Gasteiger partial charge in [0.1, 0.15) is 11.4 Å². The molecule has 1 aromatic heterocycles. The van der Waals surface area contributed by atoms with Crippen molar-refractivity contribution in [3.8, 4) is 17.0 Å². The number of hydrogen-bond acceptors (Lipinski definition) is 6. The van der Waals surface area contributed by atoms with Crippen molar-refractivity contribution < 1.29 is 14.1 Å². The molecule has 4 aromatic rings. The first kappa shape index (κ1) is 25.5. The Hall–Kier alpha value is -4.10. The molecule has 0 aliphatic carbocycles. The van der Waals surface area contributed by atoms with Crippen LogP contribution in [0.25, 0.3) is 11.3 Å². The third-order valence-corrected chi connectivity index (χ3v) is 7.02. The van der Waals surface area contributed by atoms with Crippen molar-refractivity contribution in [3.05, 3.63) is 101 Å². The van der Waals surface area contributed by atoms with Crippen LogP contribution >= 0.6 is 0 Å². The maximum absolute atomic E-state index is 13.9. The minimum Gasteiger partial charge on any atom is -0.496 e. The first-order valence-electron chi connectivity index (χ1n) is 13.0. The number of aromatic nitrogens is 1. The van der Waals surface area contributed by atoms with E-state index in [4.69, 9.17) is 9.26 Å². The molecule has 2 heterocycles. The molecule has 5 rings (SSSR count). The molecule has 196 valence electrons. The van der Waals surface area contributed by atoms with Crippen LogP contribution in [0.4, 0.5) is 5.88 Å². The van der Waals surface area contributed by atoms with Gasteiger partial charge in [-0.2, -0.15) is 0 Å². The van der Waals surface area contributed by atoms with Crippen molar-refractivity contribution in [1.82, 2.24) is 15.0 Å². The number of likely N-dealkylation sites (N-methyl/N-ethyl adjacent to an activating group) is 1. The van der Waals surface area contributed by atoms with Crippen molar-refractivity contribution in [2.75, 3.05) is 45.7 Å². The highest BCUT2D eigenvalue weighted by Crippen LogP contribution is 2.35. The van der Waals surface area contributed by atoms with Crippen molar-refractivity contribution in [3.63, 3.8) is 0 Å². The Bertz CT molecular complexity index is 1380. The van der Waals surface area contributed by atoms with Crippen molar-refractivity contribution in [2.45, 2.75) is 19.5 Å². The van der Waals surface area contributed by atoms with Crippen LogP contribution in [0.15, 0.2) is 83.4 Å². The van der Waals surface area contributed by atoms with Crippen molar-refractivity contribution >= 4 is 11.8 Å². The van der Waals surface area contributed by atoms with Gasteiger partial charge in [0.25, 0.3) is 5.91 Å². The molecule has 38 heavy (non-hydrogen) atoms. The Morgan fingerprint density at radius 3 is 2.42 bits per heavy atom. The summed E-state index contributed by atoms with van der Waals surface area (Å²) in [6.07, 6.45) is 0.932. The molecule has 1 amide bonds. The quantitative estimate of drug-likeness (QED) is 0.312. The van der Waals surface area contributed by atoms with Gasteiger partial charge in [-0.1, -0.05) is 71.9 Å². The predicted molar refractivity (Wildman–Crippen MR) is 149 cm³/mol. The van der Waals surface area contributed by atoms with Crippen molar-refractivity contribution in [2.24, 2.45) is 0 Å². The smallest absolute Gasteiger partial charge is 0.257 e. The van der Waals surface area contributed by atoms with E-state index in [2.05, 4.69) is 39.2 Å². The van der Waals surface area contributed by atoms with Gasteiger partial charge in [-0.05, 0) is 43.8 Å². The van der Waals surface area contributed by atoms with E-state index in [1.54, 1.807) is 7.11 Å². The SMILES string of the molecule is COc1ccccc1C(=O)N(CCN(C)C)Cc1c(-c2ccccc2)noc1N1CCc2ccccc2C1. The first-order valence-corrected chi connectivity index (χ1v) is 13.0. The Morgan fingerprint density at radius 1 is 0.947 bits per heavy atom. The molecule has 0 radical (unpaired) electrons. The molecule has 0 saturated heterocycles. The summed E-state index contributed by atoms with van der Waals surface area (Å²) in [7, 11) is 5.62. The van der Waals surface area contributed by atoms with E-state index < -0.39 is 0 Å². The summed E-state index contributed by atoms with van der Waals surface area (Å²) in [5.74, 6) is 1.20. The number of ether oxygens (including phenoxy) is 1. The topological polar surface area (TPSA) is 62.1 Å². The molecular weight excluding hydrogens is 476 g/mol. The molecule has 1 aliphatic rings. The van der Waals surface area contributed by atoms with E-state index in [1.165, 1.54) is 11.1 Å². The second-order valence-corrected chi connectivity index (χ2v) is 9.85. The zero-order valence-corrected chi connectivity index (χ0v) is 22.3. The lowest BCUT2D eigenvalue weighted by molar-refractivity contribution is 0.0729. The molecule has 0 bridgehead atoms. The second kappa shape index (κ2) is 11.5. The summed E-state index contributed by atoms with van der Waals surface area (Å²) in [5.41, 5.74) is 5.84. The lowest BCUT2D eigenvalue weighted by Gasteiger charge is -2.30. The third kappa shape index (κ3) is 5.43. The van der Waals surface area contributed by atoms with Crippen LogP contribution in [-0.2, 0) is 19.5 Å². The summed E-state index contributed by atoms with van der Waals surface area (Å²) >= 11 is 0. The van der Waals surface area contributed by atoms with Gasteiger partial charge in [0, 0.05) is 31.7 Å². The van der Waals surface area contributed by atoms with Gasteiger partial charge in [-0.15, -0.1) is 0 Å². The normalized spacial score (nSPS) is 12.9. The lowest BCUT2D eigenvalue weighted by atomic mass is 9.99. The number of methoxy groups -OCH3 is 1. The molecule has 1 aliphatic heterocycles. The second-order valence-electron chi connectivity index (χ2n) is 9.85. The maximum Gasteiger partial charge on any atom is 0.257 e. The van der Waals surface area contributed by atoms with Crippen LogP contribution in [0.1, 0.15) is 27.0 Å². The number of fused-ring (bicyclic) bond motifs is 1. The van der Waals surface area contributed by atoms with Gasteiger partial charge < -0.3 is 24.0 Å². The highest BCUT2D eigenvalue weighted by atomic mass is 16.5. The standard InChI is InChI=1S/C31H34N4O3/c1-33(2)19-20-34(30(36)26-15-9-10-16-28(26)37-3)22-27-29(24-12-5-4-6-13-24)32-38-31(27)35-18-17-23-11-7-8-14-25(23)21-35/h4-16H,17-22H2,1-3H3. The Kier molecular flexibility index (Phi) is 7.75. The summed E-state index contributed by atoms with van der Waals surface area (Å²) in [4.78, 5) is 20.1. The number of rotatable bonds is 9. The summed E-state index contributed by atoms with van der Waals surface area (Å²) < 4.78 is 11.6. The lowest BCUT2D eigenvalue weighted by Crippen LogP contribution is -2.37. The van der Waals surface area contributed by atoms with E-state index in [-0.39, 0.29) is 5.91 Å². The van der Waals surface area contributed by atoms with Crippen molar-refractivity contribution in [1.29, 1.82) is 0 Å². The molecule has 0 spiro atoms. The van der Waals surface area contributed by atoms with Crippen LogP contribution in [0, 0.1) is 0 Å². The van der Waals surface area contributed by atoms with Gasteiger partial charge in [0.05, 0.1) is 24.8 Å². The molecular formula is C31H34N4O3. The molecule has 0 unspecified atom stereocenters. The number of hydrogen-bond donors (Lipinski definition) is 0. The summed E-state index contributed by atoms with van der Waals surface area (Å²) in [6.45, 7) is 3.20. The highest BCUT2D eigenvalue weighted by Gasteiger charge is 2.29. The Morgan fingerprint density at radius 2 is 1.66 bits per heavy atom. The van der Waals surface area contributed by atoms with E-state index in [0.29, 0.717) is 24.4 Å². The molecule has 0 N–H and O–H groups in total. The minimum absolute atomic E-state index is 0.0838. The molecule has 0 saturated carbocycles. The van der Waals surface area contributed by atoms with E-state index in [0.717, 1.165) is 48.8 Å². The van der Waals surface area contributed by atoms with Crippen LogP contribution in [0.3, 0.4) is 0 Å². The van der Waals surface area contributed by atoms with Gasteiger partial charge >= 0.3 is 0 Å². The van der Waals surface area contributed by atoms with Gasteiger partial charge in [0.15, 0.2) is 0 Å². The number of carbonyl (C=O) groups excluding carboxylic acids is 1. The zero-order chi connectivity index (χ0) is 26.5. The number of amides is 1. The third-order valence-electron chi connectivity index (χ3n) is 7.02. The van der Waals surface area contributed by atoms with Gasteiger partial charge in [-0.25, -0.2) is 0 Å². The summed E-state index contributed by atoms with van der Waals surface area (Å²) in [5, 5.41) is 4.54. The first-order chi connectivity index (χ1) is 18.5. The minimum atomic E-state index is -0.0838. The molecule has 0 fully saturated rings. The molecule has 0 atom stereocenters. The molecule has 7 heteroatoms. The van der Waals surface area contributed by atoms with E-state index in [9.17, 15) is 4.79 Å². The van der Waals surface area contributed by atoms with Gasteiger partial charge in [0.2, 0.25) is 5.88 Å². The number of para-hydroxylation sites is 1. The van der Waals surface area contributed by atoms with Gasteiger partial charge in [-0.3, -0.25) is 4.79 Å². The average molecular weight is 511 g/mol. The van der Waals surface area contributed by atoms with E-state index in [1.807, 2.05) is 73.6 Å². The summed E-state index contributed by atoms with van der Waals surface area (Å²) in [6, 6.07) is 25.9. The van der Waals surface area contributed by atoms with Crippen LogP contribution in [0.2, 0.25) is 0 Å². The largest absolute Gasteiger partial charge is 0.496 e. The molecule has 3 aromatic carbocycles. The fourth-order valence-corrected chi connectivity index (χ4v) is 4.94.